The maximum Gasteiger partial charge on any atom is 0.256 e. The largest absolute Gasteiger partial charge is 0.495 e. The molecule has 1 saturated heterocycles. The van der Waals surface area contributed by atoms with E-state index in [9.17, 15) is 9.59 Å². The molecule has 1 aliphatic heterocycles. The first-order valence-corrected chi connectivity index (χ1v) is 11.7. The van der Waals surface area contributed by atoms with Crippen molar-refractivity contribution in [3.8, 4) is 5.75 Å². The highest BCUT2D eigenvalue weighted by atomic mass is 32.2. The van der Waals surface area contributed by atoms with Crippen LogP contribution in [0.5, 0.6) is 5.75 Å². The fourth-order valence-electron chi connectivity index (χ4n) is 4.18. The fraction of sp³-hybridized carbons (Fsp3) is 0.111. The number of anilines is 2. The van der Waals surface area contributed by atoms with Gasteiger partial charge in [0, 0.05) is 16.8 Å². The number of nitrogens with one attached hydrogen (secondary N) is 1. The lowest BCUT2D eigenvalue weighted by atomic mass is 10.0. The van der Waals surface area contributed by atoms with Crippen molar-refractivity contribution in [3.63, 3.8) is 0 Å². The minimum Gasteiger partial charge on any atom is -0.495 e. The smallest absolute Gasteiger partial charge is 0.256 e. The Morgan fingerprint density at radius 2 is 1.67 bits per heavy atom. The van der Waals surface area contributed by atoms with Crippen LogP contribution < -0.4 is 15.0 Å². The van der Waals surface area contributed by atoms with E-state index in [0.717, 1.165) is 22.0 Å². The Morgan fingerprint density at radius 3 is 2.55 bits per heavy atom. The van der Waals surface area contributed by atoms with Gasteiger partial charge in [-0.3, -0.25) is 14.5 Å². The Bertz CT molecular complexity index is 1350. The number of hydrogen-bond donors (Lipinski definition) is 1. The number of benzene rings is 4. The second-order valence-electron chi connectivity index (χ2n) is 7.67. The van der Waals surface area contributed by atoms with Gasteiger partial charge in [0.25, 0.3) is 5.91 Å². The van der Waals surface area contributed by atoms with Gasteiger partial charge in [0.1, 0.15) is 11.1 Å². The van der Waals surface area contributed by atoms with Gasteiger partial charge in [-0.2, -0.15) is 0 Å². The van der Waals surface area contributed by atoms with Gasteiger partial charge in [0.2, 0.25) is 5.91 Å². The highest BCUT2D eigenvalue weighted by molar-refractivity contribution is 8.00. The Labute approximate surface area is 196 Å². The number of hydrogen-bond acceptors (Lipinski definition) is 4. The topological polar surface area (TPSA) is 58.6 Å². The summed E-state index contributed by atoms with van der Waals surface area (Å²) < 4.78 is 5.51. The molecule has 0 spiro atoms. The predicted octanol–water partition coefficient (Wildman–Crippen LogP) is 5.88. The summed E-state index contributed by atoms with van der Waals surface area (Å²) in [6.07, 6.45) is 0. The molecule has 5 nitrogen and oxygen atoms in total. The lowest BCUT2D eigenvalue weighted by Crippen LogP contribution is -2.29. The fourth-order valence-corrected chi connectivity index (χ4v) is 5.39. The van der Waals surface area contributed by atoms with Gasteiger partial charge < -0.3 is 10.1 Å². The summed E-state index contributed by atoms with van der Waals surface area (Å²) in [5.41, 5.74) is 2.88. The lowest BCUT2D eigenvalue weighted by Gasteiger charge is -2.27. The van der Waals surface area contributed by atoms with E-state index in [-0.39, 0.29) is 17.2 Å². The van der Waals surface area contributed by atoms with Crippen molar-refractivity contribution in [1.82, 2.24) is 0 Å². The first-order chi connectivity index (χ1) is 16.2. The van der Waals surface area contributed by atoms with Crippen LogP contribution in [0.1, 0.15) is 21.3 Å². The van der Waals surface area contributed by atoms with E-state index in [1.54, 1.807) is 12.0 Å². The Kier molecular flexibility index (Phi) is 5.75. The third-order valence-corrected chi connectivity index (χ3v) is 6.92. The van der Waals surface area contributed by atoms with Crippen molar-refractivity contribution >= 4 is 45.7 Å². The van der Waals surface area contributed by atoms with Crippen molar-refractivity contribution in [2.45, 2.75) is 5.37 Å². The zero-order chi connectivity index (χ0) is 22.8. The number of ether oxygens (including phenoxy) is 1. The van der Waals surface area contributed by atoms with Crippen LogP contribution in [0, 0.1) is 0 Å². The van der Waals surface area contributed by atoms with E-state index >= 15 is 0 Å². The van der Waals surface area contributed by atoms with Crippen LogP contribution in [0.25, 0.3) is 10.8 Å². The summed E-state index contributed by atoms with van der Waals surface area (Å²) in [4.78, 5) is 27.9. The van der Waals surface area contributed by atoms with Crippen LogP contribution in [0.15, 0.2) is 91.0 Å². The van der Waals surface area contributed by atoms with Crippen LogP contribution >= 0.6 is 11.8 Å². The molecule has 0 unspecified atom stereocenters. The molecule has 2 amide bonds. The van der Waals surface area contributed by atoms with E-state index < -0.39 is 0 Å². The van der Waals surface area contributed by atoms with Crippen molar-refractivity contribution in [3.05, 3.63) is 102 Å². The maximum atomic E-state index is 13.3. The molecular formula is C27H22N2O3S. The molecule has 4 aromatic rings. The van der Waals surface area contributed by atoms with Crippen LogP contribution in [-0.4, -0.2) is 24.7 Å². The Morgan fingerprint density at radius 1 is 0.939 bits per heavy atom. The molecule has 6 heteroatoms. The van der Waals surface area contributed by atoms with Gasteiger partial charge in [-0.05, 0) is 35.0 Å². The molecule has 33 heavy (non-hydrogen) atoms. The van der Waals surface area contributed by atoms with E-state index in [0.29, 0.717) is 22.8 Å². The summed E-state index contributed by atoms with van der Waals surface area (Å²) in [7, 11) is 1.60. The first kappa shape index (κ1) is 21.1. The number of carbonyl (C=O) groups excluding carboxylic acids is 2. The Balaban J connectivity index is 1.51. The number of rotatable bonds is 5. The third kappa shape index (κ3) is 3.94. The summed E-state index contributed by atoms with van der Waals surface area (Å²) in [6.45, 7) is 0. The molecule has 5 rings (SSSR count). The highest BCUT2D eigenvalue weighted by Gasteiger charge is 2.36. The van der Waals surface area contributed by atoms with Gasteiger partial charge in [-0.1, -0.05) is 66.7 Å². The van der Waals surface area contributed by atoms with Crippen LogP contribution in [0.4, 0.5) is 11.4 Å². The summed E-state index contributed by atoms with van der Waals surface area (Å²) in [6, 6.07) is 28.7. The molecule has 0 bridgehead atoms. The standard InChI is InChI=1S/C27H22N2O3S/c1-32-24-16-7-6-15-23(24)29-25(30)17-33-27(29)21-12-4-5-14-22(21)28-26(31)20-13-8-10-18-9-2-3-11-19(18)20/h2-16,27H,17H2,1H3,(H,28,31)/t27-/m0/s1. The van der Waals surface area contributed by atoms with Gasteiger partial charge >= 0.3 is 0 Å². The van der Waals surface area contributed by atoms with Gasteiger partial charge in [0.05, 0.1) is 18.6 Å². The molecule has 0 radical (unpaired) electrons. The molecule has 4 aromatic carbocycles. The summed E-state index contributed by atoms with van der Waals surface area (Å²) in [5, 5.41) is 4.72. The molecule has 1 aliphatic rings. The van der Waals surface area contributed by atoms with E-state index in [1.807, 2.05) is 91.0 Å². The molecule has 1 heterocycles. The van der Waals surface area contributed by atoms with Crippen LogP contribution in [0.3, 0.4) is 0 Å². The number of methoxy groups -OCH3 is 1. The van der Waals surface area contributed by atoms with Crippen molar-refractivity contribution in [2.24, 2.45) is 0 Å². The Hall–Kier alpha value is -3.77. The minimum atomic E-state index is -0.280. The second-order valence-corrected chi connectivity index (χ2v) is 8.74. The molecule has 1 N–H and O–H groups in total. The van der Waals surface area contributed by atoms with Crippen LogP contribution in [-0.2, 0) is 4.79 Å². The number of nitrogens with zero attached hydrogens (tertiary/aromatic N) is 1. The zero-order valence-electron chi connectivity index (χ0n) is 18.0. The van der Waals surface area contributed by atoms with E-state index in [1.165, 1.54) is 11.8 Å². The molecule has 0 aliphatic carbocycles. The molecule has 1 atom stereocenters. The average molecular weight is 455 g/mol. The number of carbonyl (C=O) groups is 2. The van der Waals surface area contributed by atoms with Crippen LogP contribution in [0.2, 0.25) is 0 Å². The van der Waals surface area contributed by atoms with E-state index in [2.05, 4.69) is 5.32 Å². The van der Waals surface area contributed by atoms with Crippen molar-refractivity contribution < 1.29 is 14.3 Å². The van der Waals surface area contributed by atoms with Gasteiger partial charge in [-0.25, -0.2) is 0 Å². The lowest BCUT2D eigenvalue weighted by molar-refractivity contribution is -0.115. The van der Waals surface area contributed by atoms with Gasteiger partial charge in [0.15, 0.2) is 0 Å². The molecule has 164 valence electrons. The van der Waals surface area contributed by atoms with Crippen molar-refractivity contribution in [1.29, 1.82) is 0 Å². The van der Waals surface area contributed by atoms with E-state index in [4.69, 9.17) is 4.74 Å². The minimum absolute atomic E-state index is 0.00434. The summed E-state index contributed by atoms with van der Waals surface area (Å²) in [5.74, 6) is 0.812. The maximum absolute atomic E-state index is 13.3. The number of fused-ring (bicyclic) bond motifs is 1. The SMILES string of the molecule is COc1ccccc1N1C(=O)CS[C@H]1c1ccccc1NC(=O)c1cccc2ccccc12. The quantitative estimate of drug-likeness (QED) is 0.409. The second kappa shape index (κ2) is 9.00. The van der Waals surface area contributed by atoms with Gasteiger partial charge in [-0.15, -0.1) is 11.8 Å². The summed E-state index contributed by atoms with van der Waals surface area (Å²) >= 11 is 1.53. The monoisotopic (exact) mass is 454 g/mol. The molecule has 1 fully saturated rings. The first-order valence-electron chi connectivity index (χ1n) is 10.6. The third-order valence-electron chi connectivity index (χ3n) is 5.72. The zero-order valence-corrected chi connectivity index (χ0v) is 18.8. The molecule has 0 aromatic heterocycles. The highest BCUT2D eigenvalue weighted by Crippen LogP contribution is 2.46. The molecular weight excluding hydrogens is 432 g/mol. The average Bonchev–Trinajstić information content (AvgIpc) is 3.24. The molecule has 0 saturated carbocycles. The number of thioether (sulfide) groups is 1. The number of para-hydroxylation sites is 3. The normalized spacial score (nSPS) is 15.6. The number of amides is 2. The van der Waals surface area contributed by atoms with Crippen molar-refractivity contribution in [2.75, 3.05) is 23.1 Å². The predicted molar refractivity (Wildman–Crippen MR) is 134 cm³/mol.